The molecule has 1 aliphatic rings. The van der Waals surface area contributed by atoms with Crippen molar-refractivity contribution in [2.24, 2.45) is 5.73 Å². The molecule has 0 aliphatic carbocycles. The van der Waals surface area contributed by atoms with E-state index in [-0.39, 0.29) is 17.1 Å². The fourth-order valence-electron chi connectivity index (χ4n) is 4.97. The summed E-state index contributed by atoms with van der Waals surface area (Å²) in [5, 5.41) is 11.6. The molecule has 3 aromatic rings. The minimum atomic E-state index is -1.96. The van der Waals surface area contributed by atoms with Gasteiger partial charge < -0.3 is 20.1 Å². The van der Waals surface area contributed by atoms with E-state index in [4.69, 9.17) is 10.5 Å². The Morgan fingerprint density at radius 3 is 2.26 bits per heavy atom. The second kappa shape index (κ2) is 9.70. The first-order valence-electron chi connectivity index (χ1n) is 11.3. The second-order valence-corrected chi connectivity index (χ2v) is 8.84. The molecule has 3 atom stereocenters. The van der Waals surface area contributed by atoms with Gasteiger partial charge in [-0.05, 0) is 11.1 Å². The maximum atomic E-state index is 13.4. The van der Waals surface area contributed by atoms with Gasteiger partial charge in [-0.3, -0.25) is 14.8 Å². The SMILES string of the molecule is C[N+]1(C(C(N)=O)c2cnccn2)CCC[C@@H]1COC(=O)C(O)(c1ccccc1)c1ccccc1. The third-order valence-corrected chi connectivity index (χ3v) is 6.82. The van der Waals surface area contributed by atoms with E-state index in [9.17, 15) is 14.7 Å². The van der Waals surface area contributed by atoms with Crippen LogP contribution in [0.5, 0.6) is 0 Å². The summed E-state index contributed by atoms with van der Waals surface area (Å²) in [6.07, 6.45) is 6.19. The summed E-state index contributed by atoms with van der Waals surface area (Å²) in [5.41, 5.74) is 5.17. The number of amides is 1. The number of carbonyl (C=O) groups excluding carboxylic acids is 2. The molecule has 1 aliphatic heterocycles. The normalized spacial score (nSPS) is 21.1. The highest BCUT2D eigenvalue weighted by molar-refractivity contribution is 5.85. The number of hydrogen-bond acceptors (Lipinski definition) is 6. The van der Waals surface area contributed by atoms with Crippen molar-refractivity contribution in [2.45, 2.75) is 30.5 Å². The molecule has 176 valence electrons. The van der Waals surface area contributed by atoms with Gasteiger partial charge in [0, 0.05) is 25.2 Å². The van der Waals surface area contributed by atoms with E-state index < -0.39 is 23.5 Å². The van der Waals surface area contributed by atoms with E-state index in [1.807, 2.05) is 19.2 Å². The zero-order valence-corrected chi connectivity index (χ0v) is 19.1. The van der Waals surface area contributed by atoms with Gasteiger partial charge in [-0.2, -0.15) is 0 Å². The quantitative estimate of drug-likeness (QED) is 0.392. The van der Waals surface area contributed by atoms with Crippen molar-refractivity contribution in [3.8, 4) is 0 Å². The van der Waals surface area contributed by atoms with Gasteiger partial charge in [0.1, 0.15) is 18.3 Å². The van der Waals surface area contributed by atoms with Gasteiger partial charge in [0.05, 0.1) is 19.8 Å². The van der Waals surface area contributed by atoms with Crippen LogP contribution in [0.25, 0.3) is 0 Å². The lowest BCUT2D eigenvalue weighted by atomic mass is 9.86. The number of aliphatic hydroxyl groups is 1. The average molecular weight is 462 g/mol. The number of likely N-dealkylation sites (tertiary alicyclic amines) is 1. The van der Waals surface area contributed by atoms with Gasteiger partial charge in [-0.1, -0.05) is 60.7 Å². The number of hydrogen-bond donors (Lipinski definition) is 2. The van der Waals surface area contributed by atoms with Crippen molar-refractivity contribution in [3.63, 3.8) is 0 Å². The molecular weight excluding hydrogens is 432 g/mol. The Hall–Kier alpha value is -3.62. The van der Waals surface area contributed by atoms with Crippen LogP contribution < -0.4 is 5.73 Å². The Balaban J connectivity index is 1.60. The fourth-order valence-corrected chi connectivity index (χ4v) is 4.97. The Kier molecular flexibility index (Phi) is 6.72. The topological polar surface area (TPSA) is 115 Å². The fraction of sp³-hybridized carbons (Fsp3) is 0.308. The van der Waals surface area contributed by atoms with Crippen molar-refractivity contribution < 1.29 is 23.9 Å². The Bertz CT molecular complexity index is 1090. The smallest absolute Gasteiger partial charge is 0.347 e. The van der Waals surface area contributed by atoms with Crippen LogP contribution in [0.4, 0.5) is 0 Å². The summed E-state index contributed by atoms with van der Waals surface area (Å²) in [6, 6.07) is 16.6. The lowest BCUT2D eigenvalue weighted by Crippen LogP contribution is -2.57. The van der Waals surface area contributed by atoms with Crippen molar-refractivity contribution in [1.82, 2.24) is 9.97 Å². The van der Waals surface area contributed by atoms with Crippen LogP contribution in [0.3, 0.4) is 0 Å². The van der Waals surface area contributed by atoms with Gasteiger partial charge in [0.2, 0.25) is 11.6 Å². The van der Waals surface area contributed by atoms with Crippen LogP contribution in [0, 0.1) is 0 Å². The molecule has 4 rings (SSSR count). The maximum absolute atomic E-state index is 13.4. The highest BCUT2D eigenvalue weighted by Crippen LogP contribution is 2.37. The molecule has 8 heteroatoms. The molecule has 1 amide bonds. The molecule has 2 aromatic carbocycles. The number of ether oxygens (including phenoxy) is 1. The maximum Gasteiger partial charge on any atom is 0.347 e. The Morgan fingerprint density at radius 1 is 1.12 bits per heavy atom. The lowest BCUT2D eigenvalue weighted by Gasteiger charge is -2.41. The number of aromatic nitrogens is 2. The van der Waals surface area contributed by atoms with Gasteiger partial charge in [-0.25, -0.2) is 4.79 Å². The first-order valence-corrected chi connectivity index (χ1v) is 11.3. The molecule has 34 heavy (non-hydrogen) atoms. The number of benzene rings is 2. The van der Waals surface area contributed by atoms with Crippen LogP contribution >= 0.6 is 0 Å². The number of quaternary nitrogens is 1. The van der Waals surface area contributed by atoms with Crippen molar-refractivity contribution in [1.29, 1.82) is 0 Å². The summed E-state index contributed by atoms with van der Waals surface area (Å²) < 4.78 is 6.03. The second-order valence-electron chi connectivity index (χ2n) is 8.84. The zero-order valence-electron chi connectivity index (χ0n) is 19.1. The summed E-state index contributed by atoms with van der Waals surface area (Å²) in [4.78, 5) is 34.3. The number of nitrogens with zero attached hydrogens (tertiary/aromatic N) is 3. The van der Waals surface area contributed by atoms with Crippen molar-refractivity contribution in [2.75, 3.05) is 20.2 Å². The standard InChI is InChI=1S/C26H28N4O4/c1-30(23(24(27)31)22-17-28-14-15-29-22)16-8-13-21(30)18-34-25(32)26(33,19-9-4-2-5-10-19)20-11-6-3-7-12-20/h2-7,9-12,14-15,17,21,23,33H,8,13,16,18H2,1H3,(H-,27,31)/p+1/t21-,23?,30?/m1/s1. The first kappa shape index (κ1) is 23.5. The summed E-state index contributed by atoms with van der Waals surface area (Å²) in [6.45, 7) is 0.704. The van der Waals surface area contributed by atoms with Gasteiger partial charge >= 0.3 is 5.97 Å². The Labute approximate surface area is 198 Å². The number of carbonyl (C=O) groups is 2. The molecule has 1 fully saturated rings. The van der Waals surface area contributed by atoms with E-state index in [0.717, 1.165) is 12.8 Å². The molecule has 0 spiro atoms. The summed E-state index contributed by atoms with van der Waals surface area (Å²) in [5.74, 6) is -1.27. The molecular formula is C26H29N4O4+. The van der Waals surface area contributed by atoms with Gasteiger partial charge in [-0.15, -0.1) is 0 Å². The molecule has 3 N–H and O–H groups in total. The zero-order chi connectivity index (χ0) is 24.2. The highest BCUT2D eigenvalue weighted by atomic mass is 16.6. The predicted octanol–water partition coefficient (Wildman–Crippen LogP) is 2.09. The molecule has 1 aromatic heterocycles. The van der Waals surface area contributed by atoms with E-state index in [2.05, 4.69) is 9.97 Å². The third-order valence-electron chi connectivity index (χ3n) is 6.82. The van der Waals surface area contributed by atoms with Crippen LogP contribution in [0.2, 0.25) is 0 Å². The van der Waals surface area contributed by atoms with Gasteiger partial charge in [0.15, 0.2) is 0 Å². The number of likely N-dealkylation sites (N-methyl/N-ethyl adjacent to an activating group) is 1. The largest absolute Gasteiger partial charge is 0.457 e. The molecule has 1 saturated heterocycles. The first-order chi connectivity index (χ1) is 16.4. The minimum absolute atomic E-state index is 0.0291. The van der Waals surface area contributed by atoms with Crippen LogP contribution in [-0.2, 0) is 19.9 Å². The van der Waals surface area contributed by atoms with E-state index >= 15 is 0 Å². The summed E-state index contributed by atoms with van der Waals surface area (Å²) >= 11 is 0. The lowest BCUT2D eigenvalue weighted by molar-refractivity contribution is -0.941. The molecule has 0 radical (unpaired) electrons. The van der Waals surface area contributed by atoms with E-state index in [1.165, 1.54) is 6.20 Å². The number of esters is 1. The third kappa shape index (κ3) is 4.30. The molecule has 0 saturated carbocycles. The number of primary amides is 1. The predicted molar refractivity (Wildman–Crippen MR) is 125 cm³/mol. The van der Waals surface area contributed by atoms with Crippen LogP contribution in [-0.4, -0.2) is 57.7 Å². The summed E-state index contributed by atoms with van der Waals surface area (Å²) in [7, 11) is 1.93. The van der Waals surface area contributed by atoms with E-state index in [0.29, 0.717) is 23.4 Å². The van der Waals surface area contributed by atoms with Crippen molar-refractivity contribution in [3.05, 3.63) is 96.1 Å². The molecule has 8 nitrogen and oxygen atoms in total. The molecule has 2 heterocycles. The van der Waals surface area contributed by atoms with Crippen LogP contribution in [0.15, 0.2) is 79.3 Å². The number of rotatable bonds is 8. The Morgan fingerprint density at radius 2 is 1.74 bits per heavy atom. The highest BCUT2D eigenvalue weighted by Gasteiger charge is 2.50. The monoisotopic (exact) mass is 461 g/mol. The van der Waals surface area contributed by atoms with E-state index in [1.54, 1.807) is 60.9 Å². The van der Waals surface area contributed by atoms with Crippen molar-refractivity contribution >= 4 is 11.9 Å². The van der Waals surface area contributed by atoms with Crippen LogP contribution in [0.1, 0.15) is 35.7 Å². The number of nitrogens with two attached hydrogens (primary N) is 1. The molecule has 0 bridgehead atoms. The molecule has 2 unspecified atom stereocenters. The van der Waals surface area contributed by atoms with Gasteiger partial charge in [0.25, 0.3) is 5.91 Å². The average Bonchev–Trinajstić information content (AvgIpc) is 3.24. The minimum Gasteiger partial charge on any atom is -0.457 e.